The summed E-state index contributed by atoms with van der Waals surface area (Å²) in [6, 6.07) is 4.13. The van der Waals surface area contributed by atoms with Crippen molar-refractivity contribution < 1.29 is 13.9 Å². The van der Waals surface area contributed by atoms with Crippen molar-refractivity contribution in [2.45, 2.75) is 0 Å². The molecule has 0 atom stereocenters. The molecule has 0 aliphatic heterocycles. The van der Waals surface area contributed by atoms with Crippen LogP contribution in [0.1, 0.15) is 15.9 Å². The molecule has 0 aliphatic rings. The lowest BCUT2D eigenvalue weighted by Crippen LogP contribution is -1.86. The minimum absolute atomic E-state index is 0.339. The molecule has 0 heterocycles. The first kappa shape index (κ1) is 9.45. The summed E-state index contributed by atoms with van der Waals surface area (Å²) in [4.78, 5) is 10.4. The van der Waals surface area contributed by atoms with Crippen LogP contribution in [-0.2, 0) is 4.74 Å². The average molecular weight is 180 g/mol. The van der Waals surface area contributed by atoms with Crippen LogP contribution in [0, 0.1) is 5.82 Å². The lowest BCUT2D eigenvalue weighted by Gasteiger charge is -1.97. The van der Waals surface area contributed by atoms with Gasteiger partial charge in [0.2, 0.25) is 0 Å². The Morgan fingerprint density at radius 1 is 1.46 bits per heavy atom. The topological polar surface area (TPSA) is 26.3 Å². The highest BCUT2D eigenvalue weighted by Crippen LogP contribution is 2.11. The van der Waals surface area contributed by atoms with Gasteiger partial charge in [0.1, 0.15) is 12.1 Å². The van der Waals surface area contributed by atoms with Crippen LogP contribution < -0.4 is 0 Å². The minimum Gasteiger partial charge on any atom is -0.504 e. The molecule has 0 spiro atoms. The largest absolute Gasteiger partial charge is 0.504 e. The molecule has 1 rings (SSSR count). The molecule has 68 valence electrons. The van der Waals surface area contributed by atoms with Crippen molar-refractivity contribution in [3.05, 3.63) is 41.4 Å². The van der Waals surface area contributed by atoms with Gasteiger partial charge in [-0.1, -0.05) is 0 Å². The standard InChI is InChI=1S/C10H9FO2/c1-13-5-4-9-6-8(7-12)2-3-10(9)11/h2-7H,1H3/b5-4+. The zero-order valence-corrected chi connectivity index (χ0v) is 7.16. The van der Waals surface area contributed by atoms with E-state index in [9.17, 15) is 9.18 Å². The lowest BCUT2D eigenvalue weighted by atomic mass is 10.1. The number of ether oxygens (including phenoxy) is 1. The van der Waals surface area contributed by atoms with Crippen LogP contribution >= 0.6 is 0 Å². The van der Waals surface area contributed by atoms with Gasteiger partial charge in [-0.25, -0.2) is 4.39 Å². The molecule has 1 aromatic carbocycles. The smallest absolute Gasteiger partial charge is 0.150 e. The van der Waals surface area contributed by atoms with Crippen LogP contribution in [0.3, 0.4) is 0 Å². The number of hydrogen-bond acceptors (Lipinski definition) is 2. The maximum absolute atomic E-state index is 13.0. The van der Waals surface area contributed by atoms with Gasteiger partial charge in [0, 0.05) is 11.1 Å². The summed E-state index contributed by atoms with van der Waals surface area (Å²) in [5.74, 6) is -0.376. The number of halogens is 1. The zero-order chi connectivity index (χ0) is 9.68. The highest BCUT2D eigenvalue weighted by Gasteiger charge is 1.99. The van der Waals surface area contributed by atoms with E-state index in [0.717, 1.165) is 0 Å². The second-order valence-electron chi connectivity index (χ2n) is 2.44. The fourth-order valence-electron chi connectivity index (χ4n) is 0.905. The maximum atomic E-state index is 13.0. The Morgan fingerprint density at radius 2 is 2.23 bits per heavy atom. The van der Waals surface area contributed by atoms with Gasteiger partial charge in [0.15, 0.2) is 0 Å². The third kappa shape index (κ3) is 2.40. The Morgan fingerprint density at radius 3 is 2.85 bits per heavy atom. The van der Waals surface area contributed by atoms with Gasteiger partial charge in [-0.3, -0.25) is 4.79 Å². The zero-order valence-electron chi connectivity index (χ0n) is 7.16. The molecule has 2 nitrogen and oxygen atoms in total. The normalized spacial score (nSPS) is 10.3. The number of benzene rings is 1. The third-order valence-electron chi connectivity index (χ3n) is 1.54. The number of aldehydes is 1. The van der Waals surface area contributed by atoms with E-state index < -0.39 is 0 Å². The maximum Gasteiger partial charge on any atom is 0.150 e. The fraction of sp³-hybridized carbons (Fsp3) is 0.100. The predicted molar refractivity (Wildman–Crippen MR) is 47.8 cm³/mol. The Balaban J connectivity index is 3.03. The fourth-order valence-corrected chi connectivity index (χ4v) is 0.905. The molecule has 1 aromatic rings. The molecule has 0 radical (unpaired) electrons. The first-order valence-electron chi connectivity index (χ1n) is 3.72. The second kappa shape index (κ2) is 4.40. The molecule has 13 heavy (non-hydrogen) atoms. The predicted octanol–water partition coefficient (Wildman–Crippen LogP) is 2.26. The molecular weight excluding hydrogens is 171 g/mol. The molecular formula is C10H9FO2. The van der Waals surface area contributed by atoms with Gasteiger partial charge < -0.3 is 4.74 Å². The quantitative estimate of drug-likeness (QED) is 0.526. The molecule has 0 saturated heterocycles. The Bertz CT molecular complexity index is 332. The number of hydrogen-bond donors (Lipinski definition) is 0. The highest BCUT2D eigenvalue weighted by atomic mass is 19.1. The lowest BCUT2D eigenvalue weighted by molar-refractivity contribution is 0.112. The van der Waals surface area contributed by atoms with Crippen molar-refractivity contribution in [1.82, 2.24) is 0 Å². The van der Waals surface area contributed by atoms with E-state index in [4.69, 9.17) is 0 Å². The van der Waals surface area contributed by atoms with Crippen LogP contribution in [0.2, 0.25) is 0 Å². The Labute approximate surface area is 75.6 Å². The summed E-state index contributed by atoms with van der Waals surface area (Å²) < 4.78 is 17.6. The summed E-state index contributed by atoms with van der Waals surface area (Å²) in [7, 11) is 1.47. The number of carbonyl (C=O) groups is 1. The Hall–Kier alpha value is -1.64. The summed E-state index contributed by atoms with van der Waals surface area (Å²) in [6.07, 6.45) is 3.49. The monoisotopic (exact) mass is 180 g/mol. The van der Waals surface area contributed by atoms with Crippen LogP contribution in [0.4, 0.5) is 4.39 Å². The minimum atomic E-state index is -0.376. The summed E-state index contributed by atoms with van der Waals surface area (Å²) in [5, 5.41) is 0. The van der Waals surface area contributed by atoms with E-state index in [1.807, 2.05) is 0 Å². The van der Waals surface area contributed by atoms with Gasteiger partial charge in [0.05, 0.1) is 13.4 Å². The van der Waals surface area contributed by atoms with Crippen LogP contribution in [0.15, 0.2) is 24.5 Å². The average Bonchev–Trinajstić information content (AvgIpc) is 2.17. The highest BCUT2D eigenvalue weighted by molar-refractivity contribution is 5.76. The van der Waals surface area contributed by atoms with Gasteiger partial charge in [-0.15, -0.1) is 0 Å². The molecule has 0 aliphatic carbocycles. The second-order valence-corrected chi connectivity index (χ2v) is 2.44. The SMILES string of the molecule is CO/C=C/c1cc(C=O)ccc1F. The molecule has 0 N–H and O–H groups in total. The van der Waals surface area contributed by atoms with E-state index in [0.29, 0.717) is 17.4 Å². The van der Waals surface area contributed by atoms with Crippen molar-refractivity contribution in [2.75, 3.05) is 7.11 Å². The summed E-state index contributed by atoms with van der Waals surface area (Å²) in [6.45, 7) is 0. The van der Waals surface area contributed by atoms with Gasteiger partial charge >= 0.3 is 0 Å². The number of methoxy groups -OCH3 is 1. The van der Waals surface area contributed by atoms with Crippen molar-refractivity contribution in [1.29, 1.82) is 0 Å². The van der Waals surface area contributed by atoms with Crippen molar-refractivity contribution in [2.24, 2.45) is 0 Å². The number of rotatable bonds is 3. The molecule has 0 saturated carbocycles. The molecule has 0 amide bonds. The van der Waals surface area contributed by atoms with Gasteiger partial charge in [-0.05, 0) is 24.3 Å². The van der Waals surface area contributed by atoms with Gasteiger partial charge in [0.25, 0.3) is 0 Å². The first-order valence-corrected chi connectivity index (χ1v) is 3.72. The molecule has 3 heteroatoms. The first-order chi connectivity index (χ1) is 6.27. The van der Waals surface area contributed by atoms with E-state index in [1.165, 1.54) is 37.6 Å². The molecule has 0 bridgehead atoms. The molecule has 0 aromatic heterocycles. The van der Waals surface area contributed by atoms with E-state index >= 15 is 0 Å². The van der Waals surface area contributed by atoms with E-state index in [1.54, 1.807) is 0 Å². The van der Waals surface area contributed by atoms with Gasteiger partial charge in [-0.2, -0.15) is 0 Å². The van der Waals surface area contributed by atoms with Crippen molar-refractivity contribution in [3.8, 4) is 0 Å². The Kier molecular flexibility index (Phi) is 3.20. The van der Waals surface area contributed by atoms with E-state index in [-0.39, 0.29) is 5.82 Å². The van der Waals surface area contributed by atoms with Crippen LogP contribution in [-0.4, -0.2) is 13.4 Å². The molecule has 0 unspecified atom stereocenters. The summed E-state index contributed by atoms with van der Waals surface area (Å²) in [5.41, 5.74) is 0.781. The van der Waals surface area contributed by atoms with Crippen molar-refractivity contribution >= 4 is 12.4 Å². The van der Waals surface area contributed by atoms with Crippen molar-refractivity contribution in [3.63, 3.8) is 0 Å². The van der Waals surface area contributed by atoms with E-state index in [2.05, 4.69) is 4.74 Å². The van der Waals surface area contributed by atoms with Crippen LogP contribution in [0.25, 0.3) is 6.08 Å². The third-order valence-corrected chi connectivity index (χ3v) is 1.54. The number of carbonyl (C=O) groups excluding carboxylic acids is 1. The van der Waals surface area contributed by atoms with Crippen LogP contribution in [0.5, 0.6) is 0 Å². The molecule has 0 fully saturated rings. The summed E-state index contributed by atoms with van der Waals surface area (Å²) >= 11 is 0.